The summed E-state index contributed by atoms with van der Waals surface area (Å²) in [6.07, 6.45) is 2.36. The predicted octanol–water partition coefficient (Wildman–Crippen LogP) is 0.703. The normalized spacial score (nSPS) is 25.5. The number of nitrogens with one attached hydrogen (secondary N) is 1. The molecule has 2 aliphatic heterocycles. The molecule has 0 aliphatic carbocycles. The maximum Gasteiger partial charge on any atom is 0.324 e. The molecule has 0 unspecified atom stereocenters. The van der Waals surface area contributed by atoms with Gasteiger partial charge in [-0.05, 0) is 12.8 Å². The molecule has 5 nitrogen and oxygen atoms in total. The summed E-state index contributed by atoms with van der Waals surface area (Å²) in [6, 6.07) is 0.0613. The van der Waals surface area contributed by atoms with Crippen LogP contribution in [0.5, 0.6) is 0 Å². The summed E-state index contributed by atoms with van der Waals surface area (Å²) in [7, 11) is 0. The minimum absolute atomic E-state index is 0.158. The molecular weight excluding hydrogens is 262 g/mol. The number of halogens is 1. The number of piperidine rings is 1. The fourth-order valence-electron chi connectivity index (χ4n) is 2.07. The number of imide groups is 1. The van der Waals surface area contributed by atoms with Crippen LogP contribution in [-0.2, 0) is 4.79 Å². The topological polar surface area (TPSA) is 52.7 Å². The third-order valence-corrected chi connectivity index (χ3v) is 3.65. The van der Waals surface area contributed by atoms with Crippen molar-refractivity contribution >= 4 is 28.1 Å². The summed E-state index contributed by atoms with van der Waals surface area (Å²) in [4.78, 5) is 24.3. The van der Waals surface area contributed by atoms with Gasteiger partial charge in [-0.2, -0.15) is 0 Å². The Morgan fingerprint density at radius 2 is 1.87 bits per heavy atom. The SMILES string of the molecule is O=C1CCN(C2CCN(Br)CC2)C(=O)N1. The largest absolute Gasteiger partial charge is 0.324 e. The van der Waals surface area contributed by atoms with Crippen LogP contribution in [0, 0.1) is 0 Å². The molecular formula is C9H14BrN3O2. The highest BCUT2D eigenvalue weighted by Gasteiger charge is 2.31. The van der Waals surface area contributed by atoms with Crippen molar-refractivity contribution in [3.8, 4) is 0 Å². The van der Waals surface area contributed by atoms with Crippen LogP contribution in [0.4, 0.5) is 4.79 Å². The van der Waals surface area contributed by atoms with Crippen molar-refractivity contribution < 1.29 is 9.59 Å². The van der Waals surface area contributed by atoms with E-state index in [2.05, 4.69) is 25.4 Å². The highest BCUT2D eigenvalue weighted by molar-refractivity contribution is 9.07. The Bertz CT molecular complexity index is 277. The van der Waals surface area contributed by atoms with Gasteiger partial charge in [-0.3, -0.25) is 10.1 Å². The zero-order valence-corrected chi connectivity index (χ0v) is 9.99. The lowest BCUT2D eigenvalue weighted by Gasteiger charge is -2.38. The molecule has 0 spiro atoms. The highest BCUT2D eigenvalue weighted by Crippen LogP contribution is 2.20. The van der Waals surface area contributed by atoms with Crippen LogP contribution in [-0.4, -0.2) is 46.4 Å². The van der Waals surface area contributed by atoms with Crippen molar-refractivity contribution in [2.24, 2.45) is 0 Å². The van der Waals surface area contributed by atoms with Crippen molar-refractivity contribution in [1.82, 2.24) is 14.1 Å². The molecule has 0 atom stereocenters. The van der Waals surface area contributed by atoms with Gasteiger partial charge in [0.1, 0.15) is 0 Å². The van der Waals surface area contributed by atoms with E-state index in [1.54, 1.807) is 4.90 Å². The quantitative estimate of drug-likeness (QED) is 0.717. The number of hydrogen-bond donors (Lipinski definition) is 1. The van der Waals surface area contributed by atoms with Gasteiger partial charge in [0.05, 0.1) is 0 Å². The van der Waals surface area contributed by atoms with Gasteiger partial charge in [0.25, 0.3) is 0 Å². The van der Waals surface area contributed by atoms with Gasteiger partial charge in [0.15, 0.2) is 0 Å². The molecule has 2 aliphatic rings. The summed E-state index contributed by atoms with van der Waals surface area (Å²) in [6.45, 7) is 2.46. The molecule has 2 rings (SSSR count). The Morgan fingerprint density at radius 3 is 2.47 bits per heavy atom. The lowest BCUT2D eigenvalue weighted by molar-refractivity contribution is -0.121. The number of carbonyl (C=O) groups is 2. The minimum Gasteiger partial charge on any atom is -0.321 e. The summed E-state index contributed by atoms with van der Waals surface area (Å²) in [5.74, 6) is -0.158. The van der Waals surface area contributed by atoms with E-state index in [4.69, 9.17) is 0 Å². The molecule has 0 aromatic heterocycles. The maximum atomic E-state index is 11.6. The molecule has 0 bridgehead atoms. The first kappa shape index (κ1) is 10.9. The second kappa shape index (κ2) is 4.49. The molecule has 0 radical (unpaired) electrons. The van der Waals surface area contributed by atoms with Gasteiger partial charge in [-0.25, -0.2) is 8.72 Å². The number of urea groups is 1. The molecule has 2 saturated heterocycles. The number of amides is 3. The Kier molecular flexibility index (Phi) is 3.25. The summed E-state index contributed by atoms with van der Waals surface area (Å²) >= 11 is 3.42. The second-order valence-electron chi connectivity index (χ2n) is 3.94. The second-order valence-corrected chi connectivity index (χ2v) is 4.94. The number of carbonyl (C=O) groups excluding carboxylic acids is 2. The number of hydrogen-bond acceptors (Lipinski definition) is 3. The number of rotatable bonds is 1. The zero-order valence-electron chi connectivity index (χ0n) is 8.41. The Hall–Kier alpha value is -0.620. The fourth-order valence-corrected chi connectivity index (χ4v) is 2.48. The van der Waals surface area contributed by atoms with Crippen LogP contribution >= 0.6 is 16.1 Å². The smallest absolute Gasteiger partial charge is 0.321 e. The predicted molar refractivity (Wildman–Crippen MR) is 58.4 cm³/mol. The monoisotopic (exact) mass is 275 g/mol. The van der Waals surface area contributed by atoms with E-state index >= 15 is 0 Å². The lowest BCUT2D eigenvalue weighted by atomic mass is 10.0. The van der Waals surface area contributed by atoms with Crippen molar-refractivity contribution in [1.29, 1.82) is 0 Å². The van der Waals surface area contributed by atoms with Crippen LogP contribution in [0.1, 0.15) is 19.3 Å². The van der Waals surface area contributed by atoms with Gasteiger partial charge >= 0.3 is 6.03 Å². The molecule has 0 saturated carbocycles. The molecule has 3 amide bonds. The average Bonchev–Trinajstić information content (AvgIpc) is 2.20. The van der Waals surface area contributed by atoms with Crippen LogP contribution in [0.2, 0.25) is 0 Å². The first-order chi connectivity index (χ1) is 7.16. The van der Waals surface area contributed by atoms with Gasteiger partial charge in [0, 0.05) is 48.2 Å². The van der Waals surface area contributed by atoms with Gasteiger partial charge in [-0.15, -0.1) is 0 Å². The van der Waals surface area contributed by atoms with E-state index in [0.717, 1.165) is 25.9 Å². The number of nitrogens with zero attached hydrogens (tertiary/aromatic N) is 2. The van der Waals surface area contributed by atoms with Crippen molar-refractivity contribution in [2.45, 2.75) is 25.3 Å². The molecule has 1 N–H and O–H groups in total. The molecule has 2 fully saturated rings. The van der Waals surface area contributed by atoms with Gasteiger partial charge in [0.2, 0.25) is 5.91 Å². The third kappa shape index (κ3) is 2.49. The van der Waals surface area contributed by atoms with Crippen molar-refractivity contribution in [2.75, 3.05) is 19.6 Å². The highest BCUT2D eigenvalue weighted by atomic mass is 79.9. The molecule has 0 aromatic rings. The van der Waals surface area contributed by atoms with E-state index < -0.39 is 0 Å². The summed E-state index contributed by atoms with van der Waals surface area (Å²) < 4.78 is 2.08. The Labute approximate surface area is 97.1 Å². The minimum atomic E-state index is -0.223. The van der Waals surface area contributed by atoms with E-state index in [1.807, 2.05) is 0 Å². The van der Waals surface area contributed by atoms with E-state index in [0.29, 0.717) is 13.0 Å². The molecule has 84 valence electrons. The lowest BCUT2D eigenvalue weighted by Crippen LogP contribution is -2.55. The third-order valence-electron chi connectivity index (χ3n) is 2.94. The first-order valence-corrected chi connectivity index (χ1v) is 5.89. The Morgan fingerprint density at radius 1 is 1.20 bits per heavy atom. The first-order valence-electron chi connectivity index (χ1n) is 5.18. The molecule has 2 heterocycles. The molecule has 6 heteroatoms. The summed E-state index contributed by atoms with van der Waals surface area (Å²) in [5.41, 5.74) is 0. The zero-order chi connectivity index (χ0) is 10.8. The Balaban J connectivity index is 1.93. The van der Waals surface area contributed by atoms with Crippen molar-refractivity contribution in [3.63, 3.8) is 0 Å². The molecule has 15 heavy (non-hydrogen) atoms. The molecule has 0 aromatic carbocycles. The van der Waals surface area contributed by atoms with Gasteiger partial charge in [-0.1, -0.05) is 0 Å². The van der Waals surface area contributed by atoms with E-state index in [9.17, 15) is 9.59 Å². The maximum absolute atomic E-state index is 11.6. The summed E-state index contributed by atoms with van der Waals surface area (Å²) in [5, 5.41) is 2.36. The van der Waals surface area contributed by atoms with Crippen LogP contribution in [0.3, 0.4) is 0 Å². The van der Waals surface area contributed by atoms with Crippen LogP contribution in [0.25, 0.3) is 0 Å². The average molecular weight is 276 g/mol. The standard InChI is InChI=1S/C9H14BrN3O2/c10-12-4-1-7(2-5-12)13-6-3-8(14)11-9(13)15/h7H,1-6H2,(H,11,14,15). The van der Waals surface area contributed by atoms with Crippen LogP contribution < -0.4 is 5.32 Å². The van der Waals surface area contributed by atoms with Crippen molar-refractivity contribution in [3.05, 3.63) is 0 Å². The van der Waals surface area contributed by atoms with E-state index in [1.165, 1.54) is 0 Å². The van der Waals surface area contributed by atoms with Crippen LogP contribution in [0.15, 0.2) is 0 Å². The van der Waals surface area contributed by atoms with Gasteiger partial charge < -0.3 is 4.90 Å². The van der Waals surface area contributed by atoms with E-state index in [-0.39, 0.29) is 18.0 Å². The fraction of sp³-hybridized carbons (Fsp3) is 0.778.